The Morgan fingerprint density at radius 2 is 2.03 bits per heavy atom. The summed E-state index contributed by atoms with van der Waals surface area (Å²) in [6.07, 6.45) is -9.72. The number of rotatable bonds is 3. The fraction of sp³-hybridized carbons (Fsp3) is 0.263. The quantitative estimate of drug-likeness (QED) is 0.714. The van der Waals surface area contributed by atoms with Crippen LogP contribution in [0.15, 0.2) is 41.5 Å². The minimum absolute atomic E-state index is 0.0511. The number of benzene rings is 1. The van der Waals surface area contributed by atoms with Gasteiger partial charge in [0.25, 0.3) is 11.9 Å². The number of ether oxygens (including phenoxy) is 1. The number of nitriles is 1. The van der Waals surface area contributed by atoms with Crippen LogP contribution in [-0.2, 0) is 10.3 Å². The lowest BCUT2D eigenvalue weighted by Gasteiger charge is -2.39. The van der Waals surface area contributed by atoms with Gasteiger partial charge in [-0.05, 0) is 37.3 Å². The fourth-order valence-corrected chi connectivity index (χ4v) is 3.02. The van der Waals surface area contributed by atoms with Gasteiger partial charge in [0, 0.05) is 17.4 Å². The lowest BCUT2D eigenvalue weighted by atomic mass is 9.83. The Hall–Kier alpha value is -3.75. The summed E-state index contributed by atoms with van der Waals surface area (Å²) in [4.78, 5) is 19.7. The number of nitrogens with one attached hydrogen (secondary N) is 1. The van der Waals surface area contributed by atoms with Gasteiger partial charge in [-0.25, -0.2) is 18.8 Å². The molecule has 1 aliphatic rings. The first kappa shape index (κ1) is 21.9. The standard InChI is InChI=1S/C19H14F5N5O2/c1-18(14(21)15(19(22,23)24)31-17(26)29-18)11-6-10(3-4-12(11)20)28-16(30)13-5-2-9(7-25)8-27-13/h2-6,8,14-15H,1H3,(H2,26,29)(H,28,30)/t14-,15+,18+/m0/s1. The number of aliphatic imine (C=N–C) groups is 1. The first-order chi connectivity index (χ1) is 14.5. The second kappa shape index (κ2) is 7.82. The zero-order valence-corrected chi connectivity index (χ0v) is 15.7. The number of alkyl halides is 4. The van der Waals surface area contributed by atoms with E-state index in [4.69, 9.17) is 11.0 Å². The van der Waals surface area contributed by atoms with Crippen molar-refractivity contribution in [3.63, 3.8) is 0 Å². The van der Waals surface area contributed by atoms with Crippen molar-refractivity contribution in [1.29, 1.82) is 5.26 Å². The average Bonchev–Trinajstić information content (AvgIpc) is 2.71. The smallest absolute Gasteiger partial charge is 0.428 e. The van der Waals surface area contributed by atoms with Gasteiger partial charge in [0.15, 0.2) is 6.17 Å². The predicted molar refractivity (Wildman–Crippen MR) is 98.1 cm³/mol. The molecular weight excluding hydrogens is 425 g/mol. The van der Waals surface area contributed by atoms with Crippen molar-refractivity contribution in [2.75, 3.05) is 5.32 Å². The molecule has 0 fully saturated rings. The third-order valence-electron chi connectivity index (χ3n) is 4.61. The van der Waals surface area contributed by atoms with E-state index < -0.39 is 47.3 Å². The van der Waals surface area contributed by atoms with Crippen molar-refractivity contribution in [1.82, 2.24) is 4.98 Å². The molecule has 0 unspecified atom stereocenters. The second-order valence-electron chi connectivity index (χ2n) is 6.77. The molecule has 0 saturated carbocycles. The van der Waals surface area contributed by atoms with Crippen LogP contribution < -0.4 is 11.1 Å². The molecule has 3 atom stereocenters. The molecule has 0 saturated heterocycles. The molecule has 2 aromatic rings. The molecule has 1 aromatic carbocycles. The molecule has 31 heavy (non-hydrogen) atoms. The van der Waals surface area contributed by atoms with E-state index in [2.05, 4.69) is 20.0 Å². The number of hydrogen-bond acceptors (Lipinski definition) is 6. The van der Waals surface area contributed by atoms with Crippen LogP contribution in [-0.4, -0.2) is 35.4 Å². The van der Waals surface area contributed by atoms with Crippen LogP contribution in [0.5, 0.6) is 0 Å². The van der Waals surface area contributed by atoms with E-state index in [9.17, 15) is 26.7 Å². The fourth-order valence-electron chi connectivity index (χ4n) is 3.02. The van der Waals surface area contributed by atoms with Crippen molar-refractivity contribution < 1.29 is 31.5 Å². The highest BCUT2D eigenvalue weighted by molar-refractivity contribution is 6.02. The second-order valence-corrected chi connectivity index (χ2v) is 6.77. The molecular formula is C19H14F5N5O2. The number of nitrogens with two attached hydrogens (primary N) is 1. The summed E-state index contributed by atoms with van der Waals surface area (Å²) in [5.41, 5.74) is 2.45. The topological polar surface area (TPSA) is 113 Å². The number of anilines is 1. The summed E-state index contributed by atoms with van der Waals surface area (Å²) in [5, 5.41) is 11.1. The maximum absolute atomic E-state index is 14.9. The van der Waals surface area contributed by atoms with Crippen LogP contribution in [0.3, 0.4) is 0 Å². The number of carbonyl (C=O) groups excluding carboxylic acids is 1. The summed E-state index contributed by atoms with van der Waals surface area (Å²) < 4.78 is 73.2. The minimum Gasteiger partial charge on any atom is -0.449 e. The molecule has 0 bridgehead atoms. The van der Waals surface area contributed by atoms with Crippen molar-refractivity contribution in [2.24, 2.45) is 10.7 Å². The zero-order valence-electron chi connectivity index (χ0n) is 15.7. The van der Waals surface area contributed by atoms with Crippen molar-refractivity contribution in [2.45, 2.75) is 30.9 Å². The van der Waals surface area contributed by atoms with E-state index >= 15 is 0 Å². The van der Waals surface area contributed by atoms with Gasteiger partial charge in [-0.1, -0.05) is 0 Å². The highest BCUT2D eigenvalue weighted by atomic mass is 19.4. The molecule has 1 amide bonds. The Labute approximate surface area is 172 Å². The number of nitrogens with zero attached hydrogens (tertiary/aromatic N) is 3. The van der Waals surface area contributed by atoms with E-state index in [0.29, 0.717) is 0 Å². The number of amidine groups is 1. The van der Waals surface area contributed by atoms with Crippen LogP contribution in [0.4, 0.5) is 27.6 Å². The average molecular weight is 439 g/mol. The minimum atomic E-state index is -5.12. The van der Waals surface area contributed by atoms with Gasteiger partial charge in [-0.3, -0.25) is 4.79 Å². The number of aromatic nitrogens is 1. The number of amides is 1. The Morgan fingerprint density at radius 1 is 1.32 bits per heavy atom. The van der Waals surface area contributed by atoms with Crippen LogP contribution in [0.2, 0.25) is 0 Å². The highest BCUT2D eigenvalue weighted by Gasteiger charge is 2.58. The Kier molecular flexibility index (Phi) is 5.54. The molecule has 1 aliphatic heterocycles. The lowest BCUT2D eigenvalue weighted by molar-refractivity contribution is -0.227. The van der Waals surface area contributed by atoms with Gasteiger partial charge in [0.05, 0.1) is 5.56 Å². The first-order valence-corrected chi connectivity index (χ1v) is 8.66. The molecule has 12 heteroatoms. The van der Waals surface area contributed by atoms with E-state index in [1.165, 1.54) is 12.1 Å². The SMILES string of the molecule is C[C@]1(c2cc(NC(=O)c3ccc(C#N)cn3)ccc2F)N=C(N)O[C@@H](C(F)(F)F)[C@@H]1F. The van der Waals surface area contributed by atoms with E-state index in [0.717, 1.165) is 31.3 Å². The van der Waals surface area contributed by atoms with Crippen LogP contribution in [0, 0.1) is 17.1 Å². The number of pyridine rings is 1. The molecule has 2 heterocycles. The van der Waals surface area contributed by atoms with Crippen LogP contribution >= 0.6 is 0 Å². The van der Waals surface area contributed by atoms with Gasteiger partial charge >= 0.3 is 6.18 Å². The van der Waals surface area contributed by atoms with Gasteiger partial charge in [-0.15, -0.1) is 0 Å². The first-order valence-electron chi connectivity index (χ1n) is 8.66. The molecule has 162 valence electrons. The summed E-state index contributed by atoms with van der Waals surface area (Å²) in [6, 6.07) is 6.44. The van der Waals surface area contributed by atoms with Gasteiger partial charge in [0.1, 0.15) is 23.1 Å². The van der Waals surface area contributed by atoms with Crippen LogP contribution in [0.1, 0.15) is 28.5 Å². The molecule has 1 aromatic heterocycles. The monoisotopic (exact) mass is 439 g/mol. The highest BCUT2D eigenvalue weighted by Crippen LogP contribution is 2.43. The Bertz CT molecular complexity index is 1080. The van der Waals surface area contributed by atoms with E-state index in [-0.39, 0.29) is 16.9 Å². The van der Waals surface area contributed by atoms with E-state index in [1.807, 2.05) is 6.07 Å². The maximum atomic E-state index is 14.9. The predicted octanol–water partition coefficient (Wildman–Crippen LogP) is 3.17. The van der Waals surface area contributed by atoms with Crippen molar-refractivity contribution >= 4 is 17.6 Å². The third-order valence-corrected chi connectivity index (χ3v) is 4.61. The Morgan fingerprint density at radius 3 is 2.61 bits per heavy atom. The molecule has 3 N–H and O–H groups in total. The van der Waals surface area contributed by atoms with Gasteiger partial charge in [-0.2, -0.15) is 18.4 Å². The zero-order chi connectivity index (χ0) is 23.0. The van der Waals surface area contributed by atoms with Gasteiger partial charge < -0.3 is 15.8 Å². The molecule has 0 spiro atoms. The van der Waals surface area contributed by atoms with Crippen molar-refractivity contribution in [3.8, 4) is 6.07 Å². The third kappa shape index (κ3) is 4.25. The van der Waals surface area contributed by atoms with Gasteiger partial charge in [0.2, 0.25) is 6.10 Å². The maximum Gasteiger partial charge on any atom is 0.428 e. The Balaban J connectivity index is 1.95. The van der Waals surface area contributed by atoms with Crippen molar-refractivity contribution in [3.05, 3.63) is 59.2 Å². The number of hydrogen-bond donors (Lipinski definition) is 2. The summed E-state index contributed by atoms with van der Waals surface area (Å²) >= 11 is 0. The lowest BCUT2D eigenvalue weighted by Crippen LogP contribution is -2.55. The summed E-state index contributed by atoms with van der Waals surface area (Å²) in [7, 11) is 0. The molecule has 7 nitrogen and oxygen atoms in total. The molecule has 0 aliphatic carbocycles. The summed E-state index contributed by atoms with van der Waals surface area (Å²) in [6.45, 7) is 0.942. The number of halogens is 5. The molecule has 0 radical (unpaired) electrons. The summed E-state index contributed by atoms with van der Waals surface area (Å²) in [5.74, 6) is -1.80. The van der Waals surface area contributed by atoms with E-state index in [1.54, 1.807) is 0 Å². The number of carbonyl (C=O) groups is 1. The normalized spacial score (nSPS) is 23.3. The van der Waals surface area contributed by atoms with Crippen LogP contribution in [0.25, 0.3) is 0 Å². The largest absolute Gasteiger partial charge is 0.449 e. The molecule has 3 rings (SSSR count).